The maximum atomic E-state index is 12.3. The van der Waals surface area contributed by atoms with Crippen molar-refractivity contribution in [2.45, 2.75) is 31.4 Å². The molecule has 21 heavy (non-hydrogen) atoms. The van der Waals surface area contributed by atoms with Gasteiger partial charge in [-0.05, 0) is 25.0 Å². The molecule has 1 heterocycles. The summed E-state index contributed by atoms with van der Waals surface area (Å²) in [4.78, 5) is 23.6. The predicted octanol–water partition coefficient (Wildman–Crippen LogP) is 0.597. The number of fused-ring (bicyclic) bond motifs is 1. The van der Waals surface area contributed by atoms with Gasteiger partial charge in [-0.1, -0.05) is 18.6 Å². The molecule has 3 atom stereocenters. The Hall–Kier alpha value is -2.24. The third kappa shape index (κ3) is 2.79. The van der Waals surface area contributed by atoms with Crippen molar-refractivity contribution in [2.24, 2.45) is 11.7 Å². The van der Waals surface area contributed by atoms with E-state index in [1.807, 2.05) is 12.1 Å². The Bertz CT molecular complexity index is 560. The van der Waals surface area contributed by atoms with E-state index in [-0.39, 0.29) is 30.4 Å². The molecule has 112 valence electrons. The average molecular weight is 290 g/mol. The standard InChI is InChI=1S/C15H18N2O4/c16-14(18)9-4-3-5-10(9)17-15(19)13-8-20-11-6-1-2-7-12(11)21-13/h1-2,6-7,9-10,13H,3-5,8H2,(H2,16,18)(H,17,19)/t9-,10+,13+/m1/s1. The van der Waals surface area contributed by atoms with Crippen molar-refractivity contribution in [3.05, 3.63) is 24.3 Å². The van der Waals surface area contributed by atoms with Crippen LogP contribution in [-0.4, -0.2) is 30.6 Å². The van der Waals surface area contributed by atoms with Crippen LogP contribution in [0, 0.1) is 5.92 Å². The zero-order chi connectivity index (χ0) is 14.8. The number of carbonyl (C=O) groups excluding carboxylic acids is 2. The molecule has 2 amide bonds. The number of ether oxygens (including phenoxy) is 2. The van der Waals surface area contributed by atoms with Crippen molar-refractivity contribution in [3.8, 4) is 11.5 Å². The van der Waals surface area contributed by atoms with Crippen molar-refractivity contribution < 1.29 is 19.1 Å². The van der Waals surface area contributed by atoms with Crippen LogP contribution in [-0.2, 0) is 9.59 Å². The maximum Gasteiger partial charge on any atom is 0.264 e. The first-order chi connectivity index (χ1) is 10.1. The molecule has 1 aromatic carbocycles. The summed E-state index contributed by atoms with van der Waals surface area (Å²) in [5, 5.41) is 2.87. The summed E-state index contributed by atoms with van der Waals surface area (Å²) < 4.78 is 11.2. The molecule has 0 aromatic heterocycles. The molecule has 3 N–H and O–H groups in total. The first-order valence-corrected chi connectivity index (χ1v) is 7.13. The summed E-state index contributed by atoms with van der Waals surface area (Å²) in [6, 6.07) is 7.03. The van der Waals surface area contributed by atoms with Crippen LogP contribution in [0.4, 0.5) is 0 Å². The molecule has 0 unspecified atom stereocenters. The monoisotopic (exact) mass is 290 g/mol. The maximum absolute atomic E-state index is 12.3. The molecule has 0 bridgehead atoms. The number of benzene rings is 1. The summed E-state index contributed by atoms with van der Waals surface area (Å²) >= 11 is 0. The fourth-order valence-electron chi connectivity index (χ4n) is 2.90. The van der Waals surface area contributed by atoms with E-state index in [1.165, 1.54) is 0 Å². The van der Waals surface area contributed by atoms with E-state index in [2.05, 4.69) is 5.32 Å². The summed E-state index contributed by atoms with van der Waals surface area (Å²) in [7, 11) is 0. The molecule has 2 aliphatic rings. The molecular weight excluding hydrogens is 272 g/mol. The minimum Gasteiger partial charge on any atom is -0.485 e. The summed E-state index contributed by atoms with van der Waals surface area (Å²) in [6.45, 7) is 0.163. The molecule has 1 aliphatic carbocycles. The zero-order valence-corrected chi connectivity index (χ0v) is 11.6. The molecule has 1 aliphatic heterocycles. The van der Waals surface area contributed by atoms with E-state index < -0.39 is 6.10 Å². The van der Waals surface area contributed by atoms with Gasteiger partial charge in [0.1, 0.15) is 6.61 Å². The third-order valence-corrected chi connectivity index (χ3v) is 4.01. The fraction of sp³-hybridized carbons (Fsp3) is 0.467. The molecule has 0 saturated heterocycles. The highest BCUT2D eigenvalue weighted by atomic mass is 16.6. The van der Waals surface area contributed by atoms with Crippen molar-refractivity contribution >= 4 is 11.8 Å². The first-order valence-electron chi connectivity index (χ1n) is 7.13. The van der Waals surface area contributed by atoms with Gasteiger partial charge in [-0.25, -0.2) is 0 Å². The number of nitrogens with two attached hydrogens (primary N) is 1. The second-order valence-electron chi connectivity index (χ2n) is 5.42. The van der Waals surface area contributed by atoms with Gasteiger partial charge in [-0.15, -0.1) is 0 Å². The van der Waals surface area contributed by atoms with Gasteiger partial charge < -0.3 is 20.5 Å². The Morgan fingerprint density at radius 3 is 2.71 bits per heavy atom. The minimum absolute atomic E-state index is 0.163. The van der Waals surface area contributed by atoms with Gasteiger partial charge in [0.25, 0.3) is 5.91 Å². The van der Waals surface area contributed by atoms with Gasteiger partial charge in [0.15, 0.2) is 11.5 Å². The van der Waals surface area contributed by atoms with Crippen molar-refractivity contribution in [1.29, 1.82) is 0 Å². The number of primary amides is 1. The van der Waals surface area contributed by atoms with Crippen LogP contribution >= 0.6 is 0 Å². The van der Waals surface area contributed by atoms with E-state index in [4.69, 9.17) is 15.2 Å². The number of nitrogens with one attached hydrogen (secondary N) is 1. The number of hydrogen-bond acceptors (Lipinski definition) is 4. The predicted molar refractivity (Wildman–Crippen MR) is 74.8 cm³/mol. The Morgan fingerprint density at radius 2 is 1.95 bits per heavy atom. The molecule has 0 radical (unpaired) electrons. The molecule has 6 heteroatoms. The number of amides is 2. The van der Waals surface area contributed by atoms with E-state index >= 15 is 0 Å². The quantitative estimate of drug-likeness (QED) is 0.852. The van der Waals surface area contributed by atoms with E-state index in [0.29, 0.717) is 11.5 Å². The summed E-state index contributed by atoms with van der Waals surface area (Å²) in [5.74, 6) is 0.288. The molecule has 3 rings (SSSR count). The van der Waals surface area contributed by atoms with E-state index in [1.54, 1.807) is 12.1 Å². The Kier molecular flexibility index (Phi) is 3.68. The smallest absolute Gasteiger partial charge is 0.264 e. The molecule has 1 aromatic rings. The lowest BCUT2D eigenvalue weighted by Crippen LogP contribution is -2.50. The SMILES string of the molecule is NC(=O)[C@@H]1CCC[C@@H]1NC(=O)[C@@H]1COc2ccccc2O1. The van der Waals surface area contributed by atoms with Crippen LogP contribution in [0.5, 0.6) is 11.5 Å². The zero-order valence-electron chi connectivity index (χ0n) is 11.6. The summed E-state index contributed by atoms with van der Waals surface area (Å²) in [6.07, 6.45) is 1.69. The molecule has 0 spiro atoms. The molecular formula is C15H18N2O4. The Labute approximate surface area is 122 Å². The molecule has 6 nitrogen and oxygen atoms in total. The number of hydrogen-bond donors (Lipinski definition) is 2. The average Bonchev–Trinajstić information content (AvgIpc) is 2.95. The highest BCUT2D eigenvalue weighted by Crippen LogP contribution is 2.31. The van der Waals surface area contributed by atoms with E-state index in [0.717, 1.165) is 19.3 Å². The topological polar surface area (TPSA) is 90.7 Å². The van der Waals surface area contributed by atoms with Crippen LogP contribution in [0.25, 0.3) is 0 Å². The molecule has 1 fully saturated rings. The number of carbonyl (C=O) groups is 2. The van der Waals surface area contributed by atoms with Crippen molar-refractivity contribution in [1.82, 2.24) is 5.32 Å². The second-order valence-corrected chi connectivity index (χ2v) is 5.42. The highest BCUT2D eigenvalue weighted by Gasteiger charge is 2.35. The van der Waals surface area contributed by atoms with Crippen LogP contribution in [0.1, 0.15) is 19.3 Å². The van der Waals surface area contributed by atoms with Crippen LogP contribution < -0.4 is 20.5 Å². The van der Waals surface area contributed by atoms with Crippen LogP contribution in [0.15, 0.2) is 24.3 Å². The van der Waals surface area contributed by atoms with Crippen molar-refractivity contribution in [2.75, 3.05) is 6.61 Å². The van der Waals surface area contributed by atoms with E-state index in [9.17, 15) is 9.59 Å². The number of para-hydroxylation sites is 2. The Balaban J connectivity index is 1.63. The molecule has 1 saturated carbocycles. The largest absolute Gasteiger partial charge is 0.485 e. The van der Waals surface area contributed by atoms with Gasteiger partial charge in [-0.2, -0.15) is 0 Å². The van der Waals surface area contributed by atoms with Crippen LogP contribution in [0.2, 0.25) is 0 Å². The summed E-state index contributed by atoms with van der Waals surface area (Å²) in [5.41, 5.74) is 5.36. The fourth-order valence-corrected chi connectivity index (χ4v) is 2.90. The highest BCUT2D eigenvalue weighted by molar-refractivity contribution is 5.84. The number of rotatable bonds is 3. The first kappa shape index (κ1) is 13.7. The van der Waals surface area contributed by atoms with Gasteiger partial charge in [0.05, 0.1) is 5.92 Å². The second kappa shape index (κ2) is 5.63. The van der Waals surface area contributed by atoms with Crippen LogP contribution in [0.3, 0.4) is 0 Å². The van der Waals surface area contributed by atoms with Gasteiger partial charge in [0, 0.05) is 6.04 Å². The van der Waals surface area contributed by atoms with Gasteiger partial charge in [0.2, 0.25) is 12.0 Å². The van der Waals surface area contributed by atoms with Gasteiger partial charge in [-0.3, -0.25) is 9.59 Å². The van der Waals surface area contributed by atoms with Crippen molar-refractivity contribution in [3.63, 3.8) is 0 Å². The lowest BCUT2D eigenvalue weighted by Gasteiger charge is -2.27. The van der Waals surface area contributed by atoms with Gasteiger partial charge >= 0.3 is 0 Å². The Morgan fingerprint density at radius 1 is 1.19 bits per heavy atom. The normalized spacial score (nSPS) is 27.1. The minimum atomic E-state index is -0.700. The lowest BCUT2D eigenvalue weighted by atomic mass is 10.0. The third-order valence-electron chi connectivity index (χ3n) is 4.01. The lowest BCUT2D eigenvalue weighted by molar-refractivity contribution is -0.131.